The van der Waals surface area contributed by atoms with Crippen molar-refractivity contribution in [3.05, 3.63) is 36.4 Å². The number of nitrogens with one attached hydrogen (secondary N) is 1. The summed E-state index contributed by atoms with van der Waals surface area (Å²) in [4.78, 5) is 22.5. The van der Waals surface area contributed by atoms with Crippen LogP contribution in [0.15, 0.2) is 41.4 Å². The monoisotopic (exact) mass is 373 g/mol. The molecule has 1 heterocycles. The lowest BCUT2D eigenvalue weighted by molar-refractivity contribution is -0.127. The van der Waals surface area contributed by atoms with Gasteiger partial charge in [-0.25, -0.2) is 4.99 Å². The summed E-state index contributed by atoms with van der Waals surface area (Å²) in [5.41, 5.74) is 2.21. The molecule has 0 saturated carbocycles. The SMILES string of the molecule is C=C(C)CNC(=NCC(=O)N(C)C)N1CCN(c2ccc(OC)cc2)CC1. The van der Waals surface area contributed by atoms with Gasteiger partial charge in [-0.1, -0.05) is 12.2 Å². The first-order valence-corrected chi connectivity index (χ1v) is 9.17. The number of hydrogen-bond acceptors (Lipinski definition) is 4. The summed E-state index contributed by atoms with van der Waals surface area (Å²) in [6, 6.07) is 8.13. The van der Waals surface area contributed by atoms with Gasteiger partial charge in [-0.05, 0) is 31.2 Å². The van der Waals surface area contributed by atoms with E-state index < -0.39 is 0 Å². The highest BCUT2D eigenvalue weighted by atomic mass is 16.5. The van der Waals surface area contributed by atoms with Crippen LogP contribution in [-0.2, 0) is 4.79 Å². The first-order chi connectivity index (χ1) is 12.9. The third kappa shape index (κ3) is 6.20. The number of aliphatic imine (C=N–C) groups is 1. The number of carbonyl (C=O) groups excluding carboxylic acids is 1. The van der Waals surface area contributed by atoms with E-state index in [4.69, 9.17) is 4.74 Å². The zero-order valence-corrected chi connectivity index (χ0v) is 16.9. The Morgan fingerprint density at radius 1 is 1.22 bits per heavy atom. The zero-order chi connectivity index (χ0) is 19.8. The van der Waals surface area contributed by atoms with Crippen LogP contribution >= 0.6 is 0 Å². The minimum Gasteiger partial charge on any atom is -0.497 e. The molecule has 1 aliphatic heterocycles. The van der Waals surface area contributed by atoms with E-state index in [-0.39, 0.29) is 12.5 Å². The molecule has 0 aliphatic carbocycles. The lowest BCUT2D eigenvalue weighted by Crippen LogP contribution is -2.53. The largest absolute Gasteiger partial charge is 0.497 e. The van der Waals surface area contributed by atoms with E-state index in [0.717, 1.165) is 43.5 Å². The molecule has 0 unspecified atom stereocenters. The number of piperazine rings is 1. The number of carbonyl (C=O) groups is 1. The Balaban J connectivity index is 1.99. The van der Waals surface area contributed by atoms with Crippen molar-refractivity contribution >= 4 is 17.6 Å². The molecule has 1 aromatic rings. The number of rotatable bonds is 6. The predicted molar refractivity (Wildman–Crippen MR) is 111 cm³/mol. The molecule has 1 aliphatic rings. The maximum Gasteiger partial charge on any atom is 0.243 e. The second kappa shape index (κ2) is 9.85. The third-order valence-electron chi connectivity index (χ3n) is 4.43. The molecule has 1 aromatic carbocycles. The van der Waals surface area contributed by atoms with E-state index in [1.165, 1.54) is 5.69 Å². The fraction of sp³-hybridized carbons (Fsp3) is 0.500. The summed E-state index contributed by atoms with van der Waals surface area (Å²) < 4.78 is 5.23. The number of nitrogens with zero attached hydrogens (tertiary/aromatic N) is 4. The number of hydrogen-bond donors (Lipinski definition) is 1. The van der Waals surface area contributed by atoms with Gasteiger partial charge in [-0.2, -0.15) is 0 Å². The van der Waals surface area contributed by atoms with Crippen LogP contribution in [0.3, 0.4) is 0 Å². The molecule has 0 spiro atoms. The van der Waals surface area contributed by atoms with E-state index in [9.17, 15) is 4.79 Å². The first-order valence-electron chi connectivity index (χ1n) is 9.17. The molecule has 0 aromatic heterocycles. The highest BCUT2D eigenvalue weighted by Crippen LogP contribution is 2.20. The van der Waals surface area contributed by atoms with Gasteiger partial charge >= 0.3 is 0 Å². The molecule has 148 valence electrons. The summed E-state index contributed by atoms with van der Waals surface area (Å²) >= 11 is 0. The van der Waals surface area contributed by atoms with Crippen molar-refractivity contribution in [3.8, 4) is 5.75 Å². The van der Waals surface area contributed by atoms with Gasteiger partial charge in [-0.15, -0.1) is 0 Å². The van der Waals surface area contributed by atoms with Crippen LogP contribution in [-0.4, -0.2) is 82.1 Å². The Morgan fingerprint density at radius 2 is 1.85 bits per heavy atom. The highest BCUT2D eigenvalue weighted by molar-refractivity contribution is 5.85. The number of ether oxygens (including phenoxy) is 1. The topological polar surface area (TPSA) is 60.4 Å². The smallest absolute Gasteiger partial charge is 0.243 e. The first kappa shape index (κ1) is 20.6. The van der Waals surface area contributed by atoms with Crippen molar-refractivity contribution in [2.24, 2.45) is 4.99 Å². The molecule has 27 heavy (non-hydrogen) atoms. The highest BCUT2D eigenvalue weighted by Gasteiger charge is 2.20. The normalized spacial score (nSPS) is 14.7. The minimum atomic E-state index is -0.0125. The molecule has 2 rings (SSSR count). The Kier molecular flexibility index (Phi) is 7.52. The molecular weight excluding hydrogens is 342 g/mol. The Bertz CT molecular complexity index is 661. The summed E-state index contributed by atoms with van der Waals surface area (Å²) in [5, 5.41) is 3.32. The molecule has 0 bridgehead atoms. The van der Waals surface area contributed by atoms with E-state index in [2.05, 4.69) is 38.8 Å². The van der Waals surface area contributed by atoms with Crippen LogP contribution in [0.1, 0.15) is 6.92 Å². The molecule has 7 heteroatoms. The second-order valence-electron chi connectivity index (χ2n) is 6.91. The van der Waals surface area contributed by atoms with E-state index in [1.54, 1.807) is 26.1 Å². The molecule has 1 N–H and O–H groups in total. The summed E-state index contributed by atoms with van der Waals surface area (Å²) in [6.45, 7) is 10.1. The van der Waals surface area contributed by atoms with Gasteiger partial charge in [0.2, 0.25) is 5.91 Å². The number of amides is 1. The van der Waals surface area contributed by atoms with Gasteiger partial charge in [0, 0.05) is 52.5 Å². The van der Waals surface area contributed by atoms with Crippen LogP contribution in [0.5, 0.6) is 5.75 Å². The van der Waals surface area contributed by atoms with Crippen molar-refractivity contribution in [1.29, 1.82) is 0 Å². The van der Waals surface area contributed by atoms with Gasteiger partial charge in [-0.3, -0.25) is 4.79 Å². The molecule has 1 fully saturated rings. The molecule has 7 nitrogen and oxygen atoms in total. The van der Waals surface area contributed by atoms with E-state index in [0.29, 0.717) is 6.54 Å². The molecule has 1 saturated heterocycles. The van der Waals surface area contributed by atoms with E-state index in [1.807, 2.05) is 19.1 Å². The average molecular weight is 374 g/mol. The molecule has 0 atom stereocenters. The van der Waals surface area contributed by atoms with Gasteiger partial charge < -0.3 is 24.8 Å². The van der Waals surface area contributed by atoms with Crippen LogP contribution in [0, 0.1) is 0 Å². The average Bonchev–Trinajstić information content (AvgIpc) is 2.68. The predicted octanol–water partition coefficient (Wildman–Crippen LogP) is 1.43. The molecule has 1 amide bonds. The van der Waals surface area contributed by atoms with Gasteiger partial charge in [0.05, 0.1) is 7.11 Å². The number of likely N-dealkylation sites (N-methyl/N-ethyl adjacent to an activating group) is 1. The number of methoxy groups -OCH3 is 1. The zero-order valence-electron chi connectivity index (χ0n) is 16.9. The van der Waals surface area contributed by atoms with Gasteiger partial charge in [0.1, 0.15) is 12.3 Å². The van der Waals surface area contributed by atoms with Crippen LogP contribution in [0.4, 0.5) is 5.69 Å². The quantitative estimate of drug-likeness (QED) is 0.464. The van der Waals surface area contributed by atoms with Crippen molar-refractivity contribution in [1.82, 2.24) is 15.1 Å². The standard InChI is InChI=1S/C20H31N5O2/c1-16(2)14-21-20(22-15-19(26)23(3)4)25-12-10-24(11-13-25)17-6-8-18(27-5)9-7-17/h6-9H,1,10-15H2,2-5H3,(H,21,22). The van der Waals surface area contributed by atoms with Crippen molar-refractivity contribution < 1.29 is 9.53 Å². The van der Waals surface area contributed by atoms with Crippen molar-refractivity contribution in [3.63, 3.8) is 0 Å². The number of guanidine groups is 1. The Morgan fingerprint density at radius 3 is 2.37 bits per heavy atom. The van der Waals surface area contributed by atoms with Crippen LogP contribution < -0.4 is 15.0 Å². The van der Waals surface area contributed by atoms with Crippen LogP contribution in [0.2, 0.25) is 0 Å². The van der Waals surface area contributed by atoms with E-state index >= 15 is 0 Å². The van der Waals surface area contributed by atoms with Crippen molar-refractivity contribution in [2.75, 3.05) is 65.4 Å². The summed E-state index contributed by atoms with van der Waals surface area (Å²) in [6.07, 6.45) is 0. The Labute approximate surface area is 162 Å². The summed E-state index contributed by atoms with van der Waals surface area (Å²) in [7, 11) is 5.16. The van der Waals surface area contributed by atoms with Crippen molar-refractivity contribution in [2.45, 2.75) is 6.92 Å². The fourth-order valence-electron chi connectivity index (χ4n) is 2.75. The summed E-state index contributed by atoms with van der Waals surface area (Å²) in [5.74, 6) is 1.62. The second-order valence-corrected chi connectivity index (χ2v) is 6.91. The number of anilines is 1. The van der Waals surface area contributed by atoms with Gasteiger partial charge in [0.25, 0.3) is 0 Å². The maximum absolute atomic E-state index is 11.9. The Hall–Kier alpha value is -2.70. The fourth-order valence-corrected chi connectivity index (χ4v) is 2.75. The van der Waals surface area contributed by atoms with Gasteiger partial charge in [0.15, 0.2) is 5.96 Å². The molecular formula is C20H31N5O2. The minimum absolute atomic E-state index is 0.0125. The third-order valence-corrected chi connectivity index (χ3v) is 4.43. The maximum atomic E-state index is 11.9. The lowest BCUT2D eigenvalue weighted by atomic mass is 10.2. The molecule has 0 radical (unpaired) electrons. The van der Waals surface area contributed by atoms with Crippen LogP contribution in [0.25, 0.3) is 0 Å². The lowest BCUT2D eigenvalue weighted by Gasteiger charge is -2.37. The number of benzene rings is 1.